The molecule has 5 rings (SSSR count). The molecule has 1 N–H and O–H groups in total. The summed E-state index contributed by atoms with van der Waals surface area (Å²) in [5, 5.41) is 9.79. The molecule has 1 amide bonds. The van der Waals surface area contributed by atoms with Crippen LogP contribution in [0.15, 0.2) is 24.3 Å². The molecule has 0 bridgehead atoms. The average Bonchev–Trinajstić information content (AvgIpc) is 3.35. The van der Waals surface area contributed by atoms with Crippen LogP contribution in [0.2, 0.25) is 0 Å². The molecule has 7 heteroatoms. The van der Waals surface area contributed by atoms with Gasteiger partial charge in [-0.1, -0.05) is 13.0 Å². The maximum absolute atomic E-state index is 12.5. The van der Waals surface area contributed by atoms with Crippen molar-refractivity contribution in [2.75, 3.05) is 31.6 Å². The zero-order chi connectivity index (χ0) is 21.5. The van der Waals surface area contributed by atoms with Crippen molar-refractivity contribution in [1.82, 2.24) is 9.88 Å². The van der Waals surface area contributed by atoms with Crippen LogP contribution in [0.25, 0.3) is 0 Å². The monoisotopic (exact) mass is 423 g/mol. The molecule has 2 aromatic rings. The van der Waals surface area contributed by atoms with E-state index in [0.29, 0.717) is 24.5 Å². The summed E-state index contributed by atoms with van der Waals surface area (Å²) in [6, 6.07) is 7.86. The first-order valence-corrected chi connectivity index (χ1v) is 11.1. The highest BCUT2D eigenvalue weighted by atomic mass is 16.5. The number of aliphatic hydroxyl groups is 1. The normalized spacial score (nSPS) is 20.9. The van der Waals surface area contributed by atoms with Crippen LogP contribution in [0.5, 0.6) is 5.75 Å². The number of amides is 1. The Balaban J connectivity index is 1.30. The van der Waals surface area contributed by atoms with E-state index in [4.69, 9.17) is 14.5 Å². The molecule has 1 aromatic carbocycles. The number of carbonyl (C=O) groups excluding carboxylic acids is 1. The van der Waals surface area contributed by atoms with E-state index in [2.05, 4.69) is 24.0 Å². The topological polar surface area (TPSA) is 75.1 Å². The SMILES string of the molecule is CCc1cc2c(nc1N1CCC(Oc3ccc4c(c3)COC4)CC1)[C@@H](CO)N(C)C2=O. The predicted molar refractivity (Wildman–Crippen MR) is 116 cm³/mol. The van der Waals surface area contributed by atoms with Gasteiger partial charge >= 0.3 is 0 Å². The molecule has 1 saturated heterocycles. The molecule has 0 aliphatic carbocycles. The molecule has 3 aliphatic heterocycles. The predicted octanol–water partition coefficient (Wildman–Crippen LogP) is 2.84. The number of hydrogen-bond donors (Lipinski definition) is 1. The number of pyridine rings is 1. The third kappa shape index (κ3) is 3.55. The largest absolute Gasteiger partial charge is 0.490 e. The van der Waals surface area contributed by atoms with Crippen LogP contribution in [-0.4, -0.2) is 53.7 Å². The van der Waals surface area contributed by atoms with E-state index >= 15 is 0 Å². The molecule has 0 radical (unpaired) electrons. The summed E-state index contributed by atoms with van der Waals surface area (Å²) in [7, 11) is 1.73. The molecule has 0 spiro atoms. The lowest BCUT2D eigenvalue weighted by Crippen LogP contribution is -2.39. The summed E-state index contributed by atoms with van der Waals surface area (Å²) in [5.74, 6) is 1.80. The van der Waals surface area contributed by atoms with Gasteiger partial charge in [-0.2, -0.15) is 0 Å². The number of aromatic nitrogens is 1. The van der Waals surface area contributed by atoms with Gasteiger partial charge in [0.1, 0.15) is 17.7 Å². The second kappa shape index (κ2) is 8.13. The molecule has 1 fully saturated rings. The number of fused-ring (bicyclic) bond motifs is 2. The fourth-order valence-corrected chi connectivity index (χ4v) is 4.84. The standard InChI is InChI=1S/C24H29N3O4/c1-3-15-11-20-22(21(12-28)26(2)24(20)29)25-23(15)27-8-6-18(7-9-27)31-19-5-4-16-13-30-14-17(16)10-19/h4-5,10-11,18,21,28H,3,6-9,12-14H2,1-2H3/t21-/m1/s1. The number of nitrogens with zero attached hydrogens (tertiary/aromatic N) is 3. The fourth-order valence-electron chi connectivity index (χ4n) is 4.84. The first kappa shape index (κ1) is 20.3. The van der Waals surface area contributed by atoms with Crippen LogP contribution >= 0.6 is 0 Å². The van der Waals surface area contributed by atoms with Gasteiger partial charge in [0.2, 0.25) is 0 Å². The van der Waals surface area contributed by atoms with Gasteiger partial charge in [0.15, 0.2) is 0 Å². The van der Waals surface area contributed by atoms with Crippen LogP contribution in [0.4, 0.5) is 5.82 Å². The molecule has 0 unspecified atom stereocenters. The van der Waals surface area contributed by atoms with Crippen LogP contribution in [0.1, 0.15) is 58.5 Å². The van der Waals surface area contributed by atoms with Gasteiger partial charge in [-0.05, 0) is 41.3 Å². The summed E-state index contributed by atoms with van der Waals surface area (Å²) in [6.07, 6.45) is 2.81. The smallest absolute Gasteiger partial charge is 0.256 e. The van der Waals surface area contributed by atoms with Crippen molar-refractivity contribution < 1.29 is 19.4 Å². The van der Waals surface area contributed by atoms with Crippen molar-refractivity contribution in [3.63, 3.8) is 0 Å². The van der Waals surface area contributed by atoms with Gasteiger partial charge in [-0.25, -0.2) is 4.98 Å². The Bertz CT molecular complexity index is 1000. The molecule has 0 saturated carbocycles. The van der Waals surface area contributed by atoms with Gasteiger partial charge in [0, 0.05) is 33.0 Å². The highest BCUT2D eigenvalue weighted by Crippen LogP contribution is 2.35. The summed E-state index contributed by atoms with van der Waals surface area (Å²) >= 11 is 0. The van der Waals surface area contributed by atoms with E-state index in [9.17, 15) is 9.90 Å². The number of aryl methyl sites for hydroxylation is 1. The summed E-state index contributed by atoms with van der Waals surface area (Å²) in [6.45, 7) is 5.04. The fraction of sp³-hybridized carbons (Fsp3) is 0.500. The van der Waals surface area contributed by atoms with Crippen molar-refractivity contribution in [1.29, 1.82) is 0 Å². The second-order valence-corrected chi connectivity index (χ2v) is 8.60. The highest BCUT2D eigenvalue weighted by molar-refractivity contribution is 5.99. The van der Waals surface area contributed by atoms with Gasteiger partial charge in [0.05, 0.1) is 37.1 Å². The lowest BCUT2D eigenvalue weighted by atomic mass is 10.0. The molecule has 164 valence electrons. The summed E-state index contributed by atoms with van der Waals surface area (Å²) < 4.78 is 11.8. The lowest BCUT2D eigenvalue weighted by Gasteiger charge is -2.34. The zero-order valence-electron chi connectivity index (χ0n) is 18.1. The minimum absolute atomic E-state index is 0.0605. The minimum atomic E-state index is -0.364. The van der Waals surface area contributed by atoms with E-state index < -0.39 is 0 Å². The van der Waals surface area contributed by atoms with Crippen LogP contribution in [0, 0.1) is 0 Å². The Labute approximate surface area is 182 Å². The van der Waals surface area contributed by atoms with Gasteiger partial charge in [-0.15, -0.1) is 0 Å². The zero-order valence-corrected chi connectivity index (χ0v) is 18.1. The first-order chi connectivity index (χ1) is 15.1. The van der Waals surface area contributed by atoms with E-state index in [0.717, 1.165) is 49.5 Å². The van der Waals surface area contributed by atoms with E-state index in [1.807, 2.05) is 12.1 Å². The number of piperidine rings is 1. The number of carbonyl (C=O) groups is 1. The minimum Gasteiger partial charge on any atom is -0.490 e. The summed E-state index contributed by atoms with van der Waals surface area (Å²) in [5.41, 5.74) is 4.88. The molecule has 1 aromatic heterocycles. The quantitative estimate of drug-likeness (QED) is 0.797. The van der Waals surface area contributed by atoms with Crippen molar-refractivity contribution in [2.24, 2.45) is 0 Å². The molecule has 7 nitrogen and oxygen atoms in total. The number of rotatable bonds is 5. The molecule has 31 heavy (non-hydrogen) atoms. The average molecular weight is 424 g/mol. The van der Waals surface area contributed by atoms with Crippen molar-refractivity contribution in [3.8, 4) is 5.75 Å². The number of aliphatic hydroxyl groups excluding tert-OH is 1. The van der Waals surface area contributed by atoms with Crippen molar-refractivity contribution in [2.45, 2.75) is 51.5 Å². The number of hydrogen-bond acceptors (Lipinski definition) is 6. The molecule has 3 aliphatic rings. The Kier molecular flexibility index (Phi) is 5.32. The summed E-state index contributed by atoms with van der Waals surface area (Å²) in [4.78, 5) is 21.3. The molecular formula is C24H29N3O4. The molecule has 1 atom stereocenters. The van der Waals surface area contributed by atoms with Crippen molar-refractivity contribution in [3.05, 3.63) is 52.2 Å². The third-order valence-corrected chi connectivity index (χ3v) is 6.73. The number of likely N-dealkylation sites (N-methyl/N-ethyl adjacent to an activating group) is 1. The number of benzene rings is 1. The molecular weight excluding hydrogens is 394 g/mol. The van der Waals surface area contributed by atoms with Gasteiger partial charge in [-0.3, -0.25) is 4.79 Å². The van der Waals surface area contributed by atoms with Gasteiger partial charge < -0.3 is 24.4 Å². The first-order valence-electron chi connectivity index (χ1n) is 11.1. The van der Waals surface area contributed by atoms with E-state index in [-0.39, 0.29) is 24.7 Å². The second-order valence-electron chi connectivity index (χ2n) is 8.60. The Hall–Kier alpha value is -2.64. The van der Waals surface area contributed by atoms with Crippen LogP contribution < -0.4 is 9.64 Å². The van der Waals surface area contributed by atoms with Crippen LogP contribution in [-0.2, 0) is 24.4 Å². The van der Waals surface area contributed by atoms with E-state index in [1.165, 1.54) is 11.1 Å². The highest BCUT2D eigenvalue weighted by Gasteiger charge is 2.37. The lowest BCUT2D eigenvalue weighted by molar-refractivity contribution is 0.0715. The number of ether oxygens (including phenoxy) is 2. The third-order valence-electron chi connectivity index (χ3n) is 6.73. The van der Waals surface area contributed by atoms with Gasteiger partial charge in [0.25, 0.3) is 5.91 Å². The van der Waals surface area contributed by atoms with Crippen molar-refractivity contribution >= 4 is 11.7 Å². The Morgan fingerprint density at radius 2 is 1.97 bits per heavy atom. The van der Waals surface area contributed by atoms with E-state index in [1.54, 1.807) is 11.9 Å². The molecule has 4 heterocycles. The maximum atomic E-state index is 12.5. The Morgan fingerprint density at radius 3 is 2.71 bits per heavy atom. The maximum Gasteiger partial charge on any atom is 0.256 e. The van der Waals surface area contributed by atoms with Crippen LogP contribution in [0.3, 0.4) is 0 Å². The number of anilines is 1. The Morgan fingerprint density at radius 1 is 1.19 bits per heavy atom.